The van der Waals surface area contributed by atoms with Gasteiger partial charge in [-0.15, -0.1) is 0 Å². The fourth-order valence-corrected chi connectivity index (χ4v) is 5.62. The molecule has 232 valence electrons. The number of ketones is 1. The van der Waals surface area contributed by atoms with E-state index in [1.54, 1.807) is 41.7 Å². The van der Waals surface area contributed by atoms with Crippen molar-refractivity contribution >= 4 is 17.4 Å². The third-order valence-electron chi connectivity index (χ3n) is 7.97. The number of carbonyl (C=O) groups excluding carboxylic acids is 2. The van der Waals surface area contributed by atoms with Crippen LogP contribution in [0.4, 0.5) is 0 Å². The lowest BCUT2D eigenvalue weighted by Crippen LogP contribution is -2.31. The van der Waals surface area contributed by atoms with Gasteiger partial charge in [-0.05, 0) is 66.4 Å². The maximum atomic E-state index is 13.5. The smallest absolute Gasteiger partial charge is 0.295 e. The van der Waals surface area contributed by atoms with Crippen LogP contribution in [0.15, 0.2) is 127 Å². The third kappa shape index (κ3) is 7.02. The first-order valence-electron chi connectivity index (χ1n) is 15.3. The first-order valence-corrected chi connectivity index (χ1v) is 15.3. The highest BCUT2D eigenvalue weighted by atomic mass is 16.5. The van der Waals surface area contributed by atoms with Gasteiger partial charge in [-0.25, -0.2) is 4.98 Å². The lowest BCUT2D eigenvalue weighted by molar-refractivity contribution is -0.139. The van der Waals surface area contributed by atoms with Crippen LogP contribution in [-0.2, 0) is 29.3 Å². The SMILES string of the molecule is Cc1cccc(COc2ccc(C(O)=C3C(=O)C(=O)N(CCCn4ccnc4)C3c3ccc(OCc4ccccc4)cc3)cc2)c1. The second kappa shape index (κ2) is 14.0. The van der Waals surface area contributed by atoms with Crippen LogP contribution in [0.3, 0.4) is 0 Å². The number of amides is 1. The number of Topliss-reactive ketones (excluding diaryl/α,β-unsaturated/α-hetero) is 1. The van der Waals surface area contributed by atoms with Crippen LogP contribution >= 0.6 is 0 Å². The molecule has 1 aliphatic rings. The zero-order valence-electron chi connectivity index (χ0n) is 25.6. The number of ether oxygens (including phenoxy) is 2. The third-order valence-corrected chi connectivity index (χ3v) is 7.97. The van der Waals surface area contributed by atoms with Gasteiger partial charge in [-0.1, -0.05) is 72.3 Å². The second-order valence-corrected chi connectivity index (χ2v) is 11.3. The molecule has 0 radical (unpaired) electrons. The van der Waals surface area contributed by atoms with Crippen LogP contribution in [0.1, 0.15) is 40.3 Å². The number of carbonyl (C=O) groups is 2. The Morgan fingerprint density at radius 3 is 2.15 bits per heavy atom. The molecule has 2 heterocycles. The Morgan fingerprint density at radius 1 is 0.804 bits per heavy atom. The largest absolute Gasteiger partial charge is 0.507 e. The highest BCUT2D eigenvalue weighted by Gasteiger charge is 2.45. The predicted molar refractivity (Wildman–Crippen MR) is 175 cm³/mol. The Hall–Kier alpha value is -5.63. The van der Waals surface area contributed by atoms with Crippen molar-refractivity contribution in [3.63, 3.8) is 0 Å². The van der Waals surface area contributed by atoms with Crippen molar-refractivity contribution in [2.75, 3.05) is 6.54 Å². The van der Waals surface area contributed by atoms with Crippen molar-refractivity contribution in [2.24, 2.45) is 0 Å². The first-order chi connectivity index (χ1) is 22.5. The normalized spacial score (nSPS) is 15.7. The molecule has 6 rings (SSSR count). The molecule has 0 aliphatic carbocycles. The minimum atomic E-state index is -0.761. The fraction of sp³-hybridized carbons (Fsp3) is 0.184. The molecule has 0 bridgehead atoms. The van der Waals surface area contributed by atoms with E-state index in [1.807, 2.05) is 90.5 Å². The Labute approximate surface area is 268 Å². The van der Waals surface area contributed by atoms with Gasteiger partial charge >= 0.3 is 0 Å². The molecular formula is C38H35N3O5. The summed E-state index contributed by atoms with van der Waals surface area (Å²) in [6.45, 7) is 3.81. The minimum Gasteiger partial charge on any atom is -0.507 e. The molecule has 1 aromatic heterocycles. The number of hydrogen-bond acceptors (Lipinski definition) is 6. The summed E-state index contributed by atoms with van der Waals surface area (Å²) < 4.78 is 13.8. The van der Waals surface area contributed by atoms with Crippen molar-refractivity contribution in [1.82, 2.24) is 14.5 Å². The van der Waals surface area contributed by atoms with Gasteiger partial charge in [-0.2, -0.15) is 0 Å². The molecule has 0 spiro atoms. The van der Waals surface area contributed by atoms with Crippen LogP contribution in [0.25, 0.3) is 5.76 Å². The van der Waals surface area contributed by atoms with Gasteiger partial charge in [0.25, 0.3) is 11.7 Å². The van der Waals surface area contributed by atoms with Crippen molar-refractivity contribution in [3.8, 4) is 11.5 Å². The van der Waals surface area contributed by atoms with Gasteiger partial charge in [0.15, 0.2) is 0 Å². The van der Waals surface area contributed by atoms with Crippen LogP contribution in [0.2, 0.25) is 0 Å². The summed E-state index contributed by atoms with van der Waals surface area (Å²) in [6.07, 6.45) is 5.87. The highest BCUT2D eigenvalue weighted by molar-refractivity contribution is 6.46. The van der Waals surface area contributed by atoms with E-state index in [4.69, 9.17) is 9.47 Å². The van der Waals surface area contributed by atoms with Gasteiger partial charge in [0, 0.05) is 31.0 Å². The summed E-state index contributed by atoms with van der Waals surface area (Å²) >= 11 is 0. The monoisotopic (exact) mass is 613 g/mol. The summed E-state index contributed by atoms with van der Waals surface area (Å²) in [5, 5.41) is 11.5. The lowest BCUT2D eigenvalue weighted by Gasteiger charge is -2.25. The number of aliphatic hydroxyl groups excluding tert-OH is 1. The molecule has 4 aromatic carbocycles. The van der Waals surface area contributed by atoms with E-state index in [2.05, 4.69) is 11.1 Å². The van der Waals surface area contributed by atoms with E-state index in [-0.39, 0.29) is 11.3 Å². The molecule has 1 N–H and O–H groups in total. The first kappa shape index (κ1) is 30.4. The number of likely N-dealkylation sites (tertiary alicyclic amines) is 1. The minimum absolute atomic E-state index is 0.0546. The van der Waals surface area contributed by atoms with E-state index in [0.717, 1.165) is 16.7 Å². The van der Waals surface area contributed by atoms with Crippen molar-refractivity contribution < 1.29 is 24.2 Å². The van der Waals surface area contributed by atoms with Gasteiger partial charge in [0.2, 0.25) is 0 Å². The number of aliphatic hydroxyl groups is 1. The fourth-order valence-electron chi connectivity index (χ4n) is 5.62. The zero-order valence-corrected chi connectivity index (χ0v) is 25.6. The van der Waals surface area contributed by atoms with Crippen molar-refractivity contribution in [2.45, 2.75) is 39.1 Å². The van der Waals surface area contributed by atoms with E-state index < -0.39 is 17.7 Å². The number of rotatable bonds is 12. The zero-order chi connectivity index (χ0) is 31.9. The van der Waals surface area contributed by atoms with Gasteiger partial charge in [0.05, 0.1) is 17.9 Å². The van der Waals surface area contributed by atoms with E-state index in [9.17, 15) is 14.7 Å². The molecule has 1 amide bonds. The summed E-state index contributed by atoms with van der Waals surface area (Å²) in [5.41, 5.74) is 4.43. The van der Waals surface area contributed by atoms with Gasteiger partial charge in [0.1, 0.15) is 30.5 Å². The second-order valence-electron chi connectivity index (χ2n) is 11.3. The Morgan fingerprint density at radius 2 is 1.48 bits per heavy atom. The summed E-state index contributed by atoms with van der Waals surface area (Å²) in [4.78, 5) is 32.6. The summed E-state index contributed by atoms with van der Waals surface area (Å²) in [7, 11) is 0. The van der Waals surface area contributed by atoms with Crippen LogP contribution < -0.4 is 9.47 Å². The predicted octanol–water partition coefficient (Wildman–Crippen LogP) is 6.86. The average molecular weight is 614 g/mol. The summed E-state index contributed by atoms with van der Waals surface area (Å²) in [5.74, 6) is -0.296. The molecule has 8 nitrogen and oxygen atoms in total. The van der Waals surface area contributed by atoms with Crippen molar-refractivity contribution in [3.05, 3.63) is 155 Å². The quantitative estimate of drug-likeness (QED) is 0.0939. The lowest BCUT2D eigenvalue weighted by atomic mass is 9.95. The molecule has 1 aliphatic heterocycles. The van der Waals surface area contributed by atoms with Crippen LogP contribution in [0, 0.1) is 6.92 Å². The number of nitrogens with zero attached hydrogens (tertiary/aromatic N) is 3. The number of imidazole rings is 1. The molecule has 8 heteroatoms. The molecule has 5 aromatic rings. The van der Waals surface area contributed by atoms with Gasteiger partial charge < -0.3 is 24.0 Å². The van der Waals surface area contributed by atoms with E-state index in [0.29, 0.717) is 55.4 Å². The molecule has 0 saturated carbocycles. The molecule has 1 unspecified atom stereocenters. The maximum Gasteiger partial charge on any atom is 0.295 e. The van der Waals surface area contributed by atoms with Crippen LogP contribution in [0.5, 0.6) is 11.5 Å². The number of benzene rings is 4. The molecular weight excluding hydrogens is 578 g/mol. The van der Waals surface area contributed by atoms with E-state index >= 15 is 0 Å². The van der Waals surface area contributed by atoms with E-state index in [1.165, 1.54) is 0 Å². The highest BCUT2D eigenvalue weighted by Crippen LogP contribution is 2.40. The molecule has 1 fully saturated rings. The maximum absolute atomic E-state index is 13.5. The molecule has 1 atom stereocenters. The van der Waals surface area contributed by atoms with Crippen LogP contribution in [-0.4, -0.2) is 37.8 Å². The summed E-state index contributed by atoms with van der Waals surface area (Å²) in [6, 6.07) is 31.4. The topological polar surface area (TPSA) is 93.9 Å². The standard InChI is InChI=1S/C38H35N3O5/c1-27-7-5-10-29(23-27)25-46-33-17-13-31(14-18-33)36(42)34-35(41(38(44)37(34)43)21-6-20-40-22-19-39-26-40)30-11-15-32(16-12-30)45-24-28-8-3-2-4-9-28/h2-5,7-19,22-23,26,35,42H,6,20-21,24-25H2,1H3. The molecule has 1 saturated heterocycles. The van der Waals surface area contributed by atoms with Crippen molar-refractivity contribution in [1.29, 1.82) is 0 Å². The Kier molecular flexibility index (Phi) is 9.24. The number of hydrogen-bond donors (Lipinski definition) is 1. The molecule has 46 heavy (non-hydrogen) atoms. The Balaban J connectivity index is 1.25. The number of aryl methyl sites for hydroxylation is 2. The van der Waals surface area contributed by atoms with Gasteiger partial charge in [-0.3, -0.25) is 9.59 Å². The Bertz CT molecular complexity index is 1810. The number of aromatic nitrogens is 2. The average Bonchev–Trinajstić information content (AvgIpc) is 3.69.